The lowest BCUT2D eigenvalue weighted by Crippen LogP contribution is -2.05. The summed E-state index contributed by atoms with van der Waals surface area (Å²) in [5, 5.41) is 12.6. The van der Waals surface area contributed by atoms with Gasteiger partial charge in [0.15, 0.2) is 10.8 Å². The fourth-order valence-electron chi connectivity index (χ4n) is 1.46. The topological polar surface area (TPSA) is 74.6 Å². The number of benzene rings is 1. The number of halogens is 3. The quantitative estimate of drug-likeness (QED) is 0.495. The zero-order valence-electron chi connectivity index (χ0n) is 10.3. The molecular weight excluding hydrogens is 337 g/mol. The number of rotatable bonds is 4. The van der Waals surface area contributed by atoms with Gasteiger partial charge in [0.1, 0.15) is 10.0 Å². The number of anilines is 1. The number of carboxylic acids is 1. The van der Waals surface area contributed by atoms with Gasteiger partial charge in [-0.2, -0.15) is 5.10 Å². The van der Waals surface area contributed by atoms with E-state index in [9.17, 15) is 4.79 Å². The molecule has 2 aromatic rings. The van der Waals surface area contributed by atoms with Crippen LogP contribution < -0.4 is 5.43 Å². The van der Waals surface area contributed by atoms with Gasteiger partial charge in [-0.05, 0) is 5.56 Å². The molecule has 0 amide bonds. The molecule has 0 aliphatic rings. The zero-order chi connectivity index (χ0) is 15.4. The lowest BCUT2D eigenvalue weighted by molar-refractivity contribution is 0.0691. The Labute approximate surface area is 135 Å². The molecule has 8 heteroatoms. The summed E-state index contributed by atoms with van der Waals surface area (Å²) in [7, 11) is 0. The van der Waals surface area contributed by atoms with Gasteiger partial charge in [0.2, 0.25) is 0 Å². The van der Waals surface area contributed by atoms with Gasteiger partial charge < -0.3 is 5.11 Å². The Morgan fingerprint density at radius 1 is 1.19 bits per heavy atom. The predicted molar refractivity (Wildman–Crippen MR) is 83.9 cm³/mol. The first kappa shape index (κ1) is 15.6. The summed E-state index contributed by atoms with van der Waals surface area (Å²) in [6, 6.07) is 9.27. The molecule has 0 bridgehead atoms. The van der Waals surface area contributed by atoms with Crippen molar-refractivity contribution in [3.05, 3.63) is 56.8 Å². The lowest BCUT2D eigenvalue weighted by atomic mass is 10.2. The van der Waals surface area contributed by atoms with Crippen molar-refractivity contribution in [3.63, 3.8) is 0 Å². The number of nitrogens with one attached hydrogen (secondary N) is 1. The summed E-state index contributed by atoms with van der Waals surface area (Å²) in [6.45, 7) is 0. The van der Waals surface area contributed by atoms with E-state index in [2.05, 4.69) is 15.5 Å². The van der Waals surface area contributed by atoms with Crippen LogP contribution in [0.5, 0.6) is 0 Å². The number of aromatic nitrogens is 1. The SMILES string of the molecule is O=C(O)c1nc(Cl)c(Cl)c(NN=Cc2ccccc2)c1Cl. The molecule has 1 aromatic carbocycles. The zero-order valence-corrected chi connectivity index (χ0v) is 12.6. The van der Waals surface area contributed by atoms with Crippen LogP contribution in [0.2, 0.25) is 15.2 Å². The fraction of sp³-hybridized carbons (Fsp3) is 0. The van der Waals surface area contributed by atoms with Crippen molar-refractivity contribution < 1.29 is 9.90 Å². The van der Waals surface area contributed by atoms with E-state index in [4.69, 9.17) is 39.9 Å². The first-order chi connectivity index (χ1) is 10.0. The summed E-state index contributed by atoms with van der Waals surface area (Å²) in [4.78, 5) is 14.6. The highest BCUT2D eigenvalue weighted by Crippen LogP contribution is 2.36. The molecule has 2 rings (SSSR count). The third-order valence-electron chi connectivity index (χ3n) is 2.43. The lowest BCUT2D eigenvalue weighted by Gasteiger charge is -2.09. The van der Waals surface area contributed by atoms with Gasteiger partial charge in [0.25, 0.3) is 0 Å². The Bertz CT molecular complexity index is 706. The number of aromatic carboxylic acids is 1. The number of hydrazone groups is 1. The van der Waals surface area contributed by atoms with Crippen molar-refractivity contribution >= 4 is 52.7 Å². The Hall–Kier alpha value is -1.82. The molecule has 0 atom stereocenters. The maximum absolute atomic E-state index is 11.0. The molecule has 5 nitrogen and oxygen atoms in total. The van der Waals surface area contributed by atoms with E-state index in [1.807, 2.05) is 30.3 Å². The second-order valence-corrected chi connectivity index (χ2v) is 4.95. The van der Waals surface area contributed by atoms with Crippen LogP contribution in [0, 0.1) is 0 Å². The third kappa shape index (κ3) is 3.64. The van der Waals surface area contributed by atoms with Gasteiger partial charge in [-0.15, -0.1) is 0 Å². The van der Waals surface area contributed by atoms with Gasteiger partial charge in [0, 0.05) is 0 Å². The Balaban J connectivity index is 2.31. The summed E-state index contributed by atoms with van der Waals surface area (Å²) in [5.41, 5.74) is 3.11. The number of hydrogen-bond donors (Lipinski definition) is 2. The van der Waals surface area contributed by atoms with Crippen LogP contribution >= 0.6 is 34.8 Å². The molecule has 0 spiro atoms. The number of hydrogen-bond acceptors (Lipinski definition) is 4. The second kappa shape index (κ2) is 6.76. The van der Waals surface area contributed by atoms with Gasteiger partial charge in [0.05, 0.1) is 11.9 Å². The molecule has 0 saturated heterocycles. The minimum atomic E-state index is -1.31. The van der Waals surface area contributed by atoms with Crippen LogP contribution in [-0.4, -0.2) is 22.3 Å². The monoisotopic (exact) mass is 343 g/mol. The van der Waals surface area contributed by atoms with E-state index >= 15 is 0 Å². The van der Waals surface area contributed by atoms with Crippen LogP contribution in [0.1, 0.15) is 16.1 Å². The highest BCUT2D eigenvalue weighted by molar-refractivity contribution is 6.46. The minimum absolute atomic E-state index is 0.00289. The van der Waals surface area contributed by atoms with Crippen molar-refractivity contribution in [2.24, 2.45) is 5.10 Å². The standard InChI is InChI=1S/C13H8Cl3N3O2/c14-8-10(9(15)12(16)18-11(8)13(20)21)19-17-6-7-4-2-1-3-5-7/h1-6H,(H,18,19)(H,20,21). The number of carbonyl (C=O) groups is 1. The van der Waals surface area contributed by atoms with Gasteiger partial charge in [-0.25, -0.2) is 9.78 Å². The second-order valence-electron chi connectivity index (χ2n) is 3.84. The molecule has 2 N–H and O–H groups in total. The van der Waals surface area contributed by atoms with Gasteiger partial charge in [-0.3, -0.25) is 5.43 Å². The average Bonchev–Trinajstić information content (AvgIpc) is 2.47. The van der Waals surface area contributed by atoms with E-state index in [0.29, 0.717) is 0 Å². The smallest absolute Gasteiger partial charge is 0.356 e. The van der Waals surface area contributed by atoms with Crippen molar-refractivity contribution in [1.82, 2.24) is 4.98 Å². The largest absolute Gasteiger partial charge is 0.476 e. The number of pyridine rings is 1. The van der Waals surface area contributed by atoms with Crippen molar-refractivity contribution in [2.75, 3.05) is 5.43 Å². The average molecular weight is 345 g/mol. The molecule has 0 aliphatic heterocycles. The highest BCUT2D eigenvalue weighted by atomic mass is 35.5. The molecule has 0 unspecified atom stereocenters. The van der Waals surface area contributed by atoms with Gasteiger partial charge in [-0.1, -0.05) is 65.1 Å². The molecule has 0 saturated carbocycles. The molecule has 1 heterocycles. The normalized spacial score (nSPS) is 10.8. The summed E-state index contributed by atoms with van der Waals surface area (Å²) in [6.07, 6.45) is 1.53. The first-order valence-corrected chi connectivity index (χ1v) is 6.76. The maximum atomic E-state index is 11.0. The molecule has 0 aliphatic carbocycles. The molecule has 1 aromatic heterocycles. The molecule has 108 valence electrons. The van der Waals surface area contributed by atoms with Crippen LogP contribution in [0.3, 0.4) is 0 Å². The van der Waals surface area contributed by atoms with Crippen molar-refractivity contribution in [1.29, 1.82) is 0 Å². The van der Waals surface area contributed by atoms with Crippen LogP contribution in [0.25, 0.3) is 0 Å². The van der Waals surface area contributed by atoms with Crippen LogP contribution in [-0.2, 0) is 0 Å². The Morgan fingerprint density at radius 2 is 1.86 bits per heavy atom. The Morgan fingerprint density at radius 3 is 2.48 bits per heavy atom. The van der Waals surface area contributed by atoms with Gasteiger partial charge >= 0.3 is 5.97 Å². The predicted octanol–water partition coefficient (Wildman–Crippen LogP) is 4.19. The molecule has 0 fully saturated rings. The minimum Gasteiger partial charge on any atom is -0.476 e. The first-order valence-electron chi connectivity index (χ1n) is 5.62. The maximum Gasteiger partial charge on any atom is 0.356 e. The van der Waals surface area contributed by atoms with E-state index < -0.39 is 11.7 Å². The Kier molecular flexibility index (Phi) is 5.01. The number of carboxylic acid groups (broad SMARTS) is 1. The third-order valence-corrected chi connectivity index (χ3v) is 3.54. The van der Waals surface area contributed by atoms with E-state index in [-0.39, 0.29) is 20.9 Å². The molecule has 21 heavy (non-hydrogen) atoms. The van der Waals surface area contributed by atoms with Crippen molar-refractivity contribution in [2.45, 2.75) is 0 Å². The van der Waals surface area contributed by atoms with Crippen LogP contribution in [0.4, 0.5) is 5.69 Å². The summed E-state index contributed by atoms with van der Waals surface area (Å²) in [5.74, 6) is -1.31. The summed E-state index contributed by atoms with van der Waals surface area (Å²) < 4.78 is 0. The summed E-state index contributed by atoms with van der Waals surface area (Å²) >= 11 is 17.7. The van der Waals surface area contributed by atoms with Crippen LogP contribution in [0.15, 0.2) is 35.4 Å². The number of nitrogens with zero attached hydrogens (tertiary/aromatic N) is 2. The fourth-order valence-corrected chi connectivity index (χ4v) is 2.13. The molecule has 0 radical (unpaired) electrons. The van der Waals surface area contributed by atoms with Crippen molar-refractivity contribution in [3.8, 4) is 0 Å². The highest BCUT2D eigenvalue weighted by Gasteiger charge is 2.20. The van der Waals surface area contributed by atoms with E-state index in [1.165, 1.54) is 6.21 Å². The molecular formula is C13H8Cl3N3O2. The van der Waals surface area contributed by atoms with E-state index in [0.717, 1.165) is 5.56 Å². The van der Waals surface area contributed by atoms with E-state index in [1.54, 1.807) is 0 Å².